The van der Waals surface area contributed by atoms with Crippen molar-refractivity contribution < 1.29 is 14.3 Å². The second kappa shape index (κ2) is 7.18. The molecule has 0 radical (unpaired) electrons. The van der Waals surface area contributed by atoms with Crippen LogP contribution in [0.25, 0.3) is 10.9 Å². The average molecular weight is 328 g/mol. The predicted octanol–water partition coefficient (Wildman–Crippen LogP) is 3.32. The number of esters is 1. The molecule has 5 heteroatoms. The summed E-state index contributed by atoms with van der Waals surface area (Å²) in [5.41, 5.74) is 1.29. The fraction of sp³-hybridized carbons (Fsp3) is 0.474. The van der Waals surface area contributed by atoms with Gasteiger partial charge in [0.2, 0.25) is 0 Å². The highest BCUT2D eigenvalue weighted by molar-refractivity contribution is 5.91. The summed E-state index contributed by atoms with van der Waals surface area (Å²) >= 11 is 0. The van der Waals surface area contributed by atoms with Crippen LogP contribution in [-0.4, -0.2) is 36.3 Å². The third kappa shape index (κ3) is 3.85. The Morgan fingerprint density at radius 3 is 2.96 bits per heavy atom. The van der Waals surface area contributed by atoms with Crippen LogP contribution in [0.15, 0.2) is 30.3 Å². The van der Waals surface area contributed by atoms with Crippen molar-refractivity contribution in [3.8, 4) is 5.75 Å². The Hall–Kier alpha value is -2.14. The number of nitrogens with zero attached hydrogens (tertiary/aromatic N) is 1. The number of nitrogens with one attached hydrogen (secondary N) is 1. The molecule has 5 nitrogen and oxygen atoms in total. The number of aromatic nitrogens is 1. The average Bonchev–Trinajstić information content (AvgIpc) is 3.01. The van der Waals surface area contributed by atoms with Gasteiger partial charge in [-0.2, -0.15) is 0 Å². The molecule has 0 aliphatic carbocycles. The van der Waals surface area contributed by atoms with E-state index in [9.17, 15) is 4.79 Å². The number of ether oxygens (including phenoxy) is 2. The standard InChI is InChI=1S/C19H24N2O3/c1-3-23-18(22)17-7-5-14-13-15(6-8-16(14)21-17)24-12-10-19(2)9-4-11-20-19/h5-8,13,20H,3-4,9-12H2,1-2H3. The highest BCUT2D eigenvalue weighted by Gasteiger charge is 2.27. The second-order valence-electron chi connectivity index (χ2n) is 6.46. The van der Waals surface area contributed by atoms with Crippen molar-refractivity contribution in [2.45, 2.75) is 38.6 Å². The predicted molar refractivity (Wildman–Crippen MR) is 93.5 cm³/mol. The zero-order valence-electron chi connectivity index (χ0n) is 14.3. The molecule has 1 atom stereocenters. The molecule has 24 heavy (non-hydrogen) atoms. The molecule has 2 aromatic rings. The lowest BCUT2D eigenvalue weighted by Crippen LogP contribution is -2.37. The Balaban J connectivity index is 1.65. The topological polar surface area (TPSA) is 60.5 Å². The van der Waals surface area contributed by atoms with Crippen molar-refractivity contribution >= 4 is 16.9 Å². The summed E-state index contributed by atoms with van der Waals surface area (Å²) in [7, 11) is 0. The van der Waals surface area contributed by atoms with Crippen LogP contribution >= 0.6 is 0 Å². The van der Waals surface area contributed by atoms with Gasteiger partial charge < -0.3 is 14.8 Å². The van der Waals surface area contributed by atoms with Crippen molar-refractivity contribution in [2.24, 2.45) is 0 Å². The van der Waals surface area contributed by atoms with Crippen molar-refractivity contribution in [3.05, 3.63) is 36.0 Å². The summed E-state index contributed by atoms with van der Waals surface area (Å²) in [5, 5.41) is 4.49. The Labute approximate surface area is 142 Å². The molecule has 3 rings (SSSR count). The van der Waals surface area contributed by atoms with E-state index in [-0.39, 0.29) is 5.54 Å². The van der Waals surface area contributed by atoms with Gasteiger partial charge in [0.1, 0.15) is 11.4 Å². The number of carbonyl (C=O) groups is 1. The number of pyridine rings is 1. The number of hydrogen-bond acceptors (Lipinski definition) is 5. The second-order valence-corrected chi connectivity index (χ2v) is 6.46. The smallest absolute Gasteiger partial charge is 0.356 e. The largest absolute Gasteiger partial charge is 0.494 e. The van der Waals surface area contributed by atoms with E-state index in [0.29, 0.717) is 18.9 Å². The van der Waals surface area contributed by atoms with Gasteiger partial charge in [-0.15, -0.1) is 0 Å². The first-order chi connectivity index (χ1) is 11.6. The van der Waals surface area contributed by atoms with E-state index in [1.54, 1.807) is 13.0 Å². The van der Waals surface area contributed by atoms with E-state index in [4.69, 9.17) is 9.47 Å². The molecule has 0 bridgehead atoms. The van der Waals surface area contributed by atoms with Crippen molar-refractivity contribution in [2.75, 3.05) is 19.8 Å². The fourth-order valence-electron chi connectivity index (χ4n) is 3.08. The van der Waals surface area contributed by atoms with Crippen molar-refractivity contribution in [3.63, 3.8) is 0 Å². The van der Waals surface area contributed by atoms with Gasteiger partial charge in [0, 0.05) is 10.9 Å². The SMILES string of the molecule is CCOC(=O)c1ccc2cc(OCCC3(C)CCCN3)ccc2n1. The highest BCUT2D eigenvalue weighted by atomic mass is 16.5. The molecule has 1 aromatic carbocycles. The van der Waals surface area contributed by atoms with Gasteiger partial charge in [-0.25, -0.2) is 9.78 Å². The molecule has 1 aliphatic heterocycles. The monoisotopic (exact) mass is 328 g/mol. The third-order valence-corrected chi connectivity index (χ3v) is 4.52. The summed E-state index contributed by atoms with van der Waals surface area (Å²) < 4.78 is 10.9. The summed E-state index contributed by atoms with van der Waals surface area (Å²) in [6.07, 6.45) is 3.43. The van der Waals surface area contributed by atoms with Crippen LogP contribution in [0.5, 0.6) is 5.75 Å². The zero-order chi connectivity index (χ0) is 17.0. The lowest BCUT2D eigenvalue weighted by molar-refractivity contribution is 0.0520. The van der Waals surface area contributed by atoms with Gasteiger partial charge in [-0.05, 0) is 63.9 Å². The molecule has 1 unspecified atom stereocenters. The molecule has 0 amide bonds. The Morgan fingerprint density at radius 1 is 1.33 bits per heavy atom. The van der Waals surface area contributed by atoms with Crippen LogP contribution in [0.1, 0.15) is 43.6 Å². The number of hydrogen-bond donors (Lipinski definition) is 1. The molecule has 1 fully saturated rings. The number of rotatable bonds is 6. The molecule has 1 aliphatic rings. The summed E-state index contributed by atoms with van der Waals surface area (Å²) in [6, 6.07) is 9.30. The van der Waals surface area contributed by atoms with E-state index in [2.05, 4.69) is 17.2 Å². The fourth-order valence-corrected chi connectivity index (χ4v) is 3.08. The molecule has 1 saturated heterocycles. The highest BCUT2D eigenvalue weighted by Crippen LogP contribution is 2.24. The minimum absolute atomic E-state index is 0.201. The minimum Gasteiger partial charge on any atom is -0.494 e. The first kappa shape index (κ1) is 16.7. The van der Waals surface area contributed by atoms with E-state index in [1.165, 1.54) is 12.8 Å². The molecule has 128 valence electrons. The van der Waals surface area contributed by atoms with Crippen LogP contribution in [0, 0.1) is 0 Å². The van der Waals surface area contributed by atoms with Crippen LogP contribution in [0.3, 0.4) is 0 Å². The molecule has 1 N–H and O–H groups in total. The Kier molecular flexibility index (Phi) is 5.00. The number of carbonyl (C=O) groups excluding carboxylic acids is 1. The molecule has 0 spiro atoms. The summed E-state index contributed by atoms with van der Waals surface area (Å²) in [4.78, 5) is 16.1. The van der Waals surface area contributed by atoms with Crippen LogP contribution in [0.4, 0.5) is 0 Å². The molecule has 0 saturated carbocycles. The van der Waals surface area contributed by atoms with Crippen LogP contribution in [-0.2, 0) is 4.74 Å². The third-order valence-electron chi connectivity index (χ3n) is 4.52. The Morgan fingerprint density at radius 2 is 2.21 bits per heavy atom. The van der Waals surface area contributed by atoms with E-state index in [1.807, 2.05) is 24.3 Å². The van der Waals surface area contributed by atoms with Gasteiger partial charge in [0.15, 0.2) is 0 Å². The lowest BCUT2D eigenvalue weighted by atomic mass is 9.97. The minimum atomic E-state index is -0.392. The van der Waals surface area contributed by atoms with Crippen LogP contribution < -0.4 is 10.1 Å². The zero-order valence-corrected chi connectivity index (χ0v) is 14.3. The molecular weight excluding hydrogens is 304 g/mol. The van der Waals surface area contributed by atoms with E-state index in [0.717, 1.165) is 29.6 Å². The van der Waals surface area contributed by atoms with Crippen LogP contribution in [0.2, 0.25) is 0 Å². The molecular formula is C19H24N2O3. The van der Waals surface area contributed by atoms with Gasteiger partial charge in [-0.1, -0.05) is 6.07 Å². The van der Waals surface area contributed by atoms with E-state index < -0.39 is 5.97 Å². The summed E-state index contributed by atoms with van der Waals surface area (Å²) in [6.45, 7) is 6.16. The summed E-state index contributed by atoms with van der Waals surface area (Å²) in [5.74, 6) is 0.437. The Bertz CT molecular complexity index is 724. The van der Waals surface area contributed by atoms with Gasteiger partial charge in [0.05, 0.1) is 18.7 Å². The molecule has 2 heterocycles. The first-order valence-electron chi connectivity index (χ1n) is 8.55. The number of fused-ring (bicyclic) bond motifs is 1. The quantitative estimate of drug-likeness (QED) is 0.824. The number of benzene rings is 1. The first-order valence-corrected chi connectivity index (χ1v) is 8.55. The van der Waals surface area contributed by atoms with E-state index >= 15 is 0 Å². The molecule has 1 aromatic heterocycles. The van der Waals surface area contributed by atoms with Gasteiger partial charge in [0.25, 0.3) is 0 Å². The van der Waals surface area contributed by atoms with Crippen molar-refractivity contribution in [1.29, 1.82) is 0 Å². The van der Waals surface area contributed by atoms with Gasteiger partial charge >= 0.3 is 5.97 Å². The lowest BCUT2D eigenvalue weighted by Gasteiger charge is -2.24. The maximum atomic E-state index is 11.7. The van der Waals surface area contributed by atoms with Crippen molar-refractivity contribution in [1.82, 2.24) is 10.3 Å². The maximum absolute atomic E-state index is 11.7. The normalized spacial score (nSPS) is 20.2. The van der Waals surface area contributed by atoms with Gasteiger partial charge in [-0.3, -0.25) is 0 Å². The maximum Gasteiger partial charge on any atom is 0.356 e.